The van der Waals surface area contributed by atoms with Crippen LogP contribution in [-0.4, -0.2) is 21.6 Å². The number of nitrogens with zero attached hydrogens (tertiary/aromatic N) is 3. The van der Waals surface area contributed by atoms with Gasteiger partial charge >= 0.3 is 0 Å². The summed E-state index contributed by atoms with van der Waals surface area (Å²) in [6.45, 7) is 6.11. The highest BCUT2D eigenvalue weighted by Gasteiger charge is 2.27. The maximum absolute atomic E-state index is 12.3. The normalized spacial score (nSPS) is 17.1. The van der Waals surface area contributed by atoms with Gasteiger partial charge in [-0.05, 0) is 5.56 Å². The van der Waals surface area contributed by atoms with Gasteiger partial charge in [0.05, 0.1) is 18.1 Å². The molecule has 0 spiro atoms. The third kappa shape index (κ3) is 3.59. The Balaban J connectivity index is 1.62. The first kappa shape index (κ1) is 16.1. The molecule has 1 aromatic heterocycles. The lowest BCUT2D eigenvalue weighted by Crippen LogP contribution is -2.22. The van der Waals surface area contributed by atoms with Crippen LogP contribution in [0.2, 0.25) is 0 Å². The lowest BCUT2D eigenvalue weighted by Gasteiger charge is -2.16. The Hall–Kier alpha value is -2.76. The summed E-state index contributed by atoms with van der Waals surface area (Å²) >= 11 is 0. The number of nitrogens with one attached hydrogen (secondary N) is 1. The Morgan fingerprint density at radius 3 is 2.46 bits per heavy atom. The van der Waals surface area contributed by atoms with E-state index in [1.807, 2.05) is 51.1 Å². The van der Waals surface area contributed by atoms with Crippen LogP contribution in [0.3, 0.4) is 0 Å². The number of aromatic nitrogens is 2. The number of amides is 1. The predicted octanol–water partition coefficient (Wildman–Crippen LogP) is 3.23. The minimum Gasteiger partial charge on any atom is -0.387 e. The van der Waals surface area contributed by atoms with Gasteiger partial charge in [0.15, 0.2) is 6.10 Å². The Kier molecular flexibility index (Phi) is 4.29. The quantitative estimate of drug-likeness (QED) is 0.940. The number of anilines is 1. The van der Waals surface area contributed by atoms with Crippen LogP contribution in [0.4, 0.5) is 5.69 Å². The van der Waals surface area contributed by atoms with Crippen LogP contribution in [0.5, 0.6) is 0 Å². The van der Waals surface area contributed by atoms with Crippen molar-refractivity contribution in [2.45, 2.75) is 38.7 Å². The van der Waals surface area contributed by atoms with Crippen LogP contribution in [-0.2, 0) is 15.0 Å². The number of rotatable bonds is 3. The number of hydrogen-bond acceptors (Lipinski definition) is 5. The third-order valence-electron chi connectivity index (χ3n) is 3.68. The zero-order valence-corrected chi connectivity index (χ0v) is 14.0. The molecular weight excluding hydrogens is 304 g/mol. The van der Waals surface area contributed by atoms with Crippen LogP contribution in [0.1, 0.15) is 44.7 Å². The Labute approximate surface area is 141 Å². The SMILES string of the molecule is CC(C)(C)c1ncc(NC(=O)C2=NO[C@@H](c3ccccc3)C2)cn1. The first-order valence-corrected chi connectivity index (χ1v) is 7.85. The first-order valence-electron chi connectivity index (χ1n) is 7.85. The monoisotopic (exact) mass is 324 g/mol. The van der Waals surface area contributed by atoms with Crippen molar-refractivity contribution in [3.63, 3.8) is 0 Å². The van der Waals surface area contributed by atoms with Crippen molar-refractivity contribution < 1.29 is 9.63 Å². The molecule has 0 aliphatic carbocycles. The predicted molar refractivity (Wildman–Crippen MR) is 91.7 cm³/mol. The molecule has 1 aliphatic heterocycles. The molecule has 1 atom stereocenters. The molecule has 1 amide bonds. The van der Waals surface area contributed by atoms with Gasteiger partial charge in [-0.25, -0.2) is 9.97 Å². The fraction of sp³-hybridized carbons (Fsp3) is 0.333. The van der Waals surface area contributed by atoms with E-state index in [9.17, 15) is 4.79 Å². The van der Waals surface area contributed by atoms with Gasteiger partial charge in [-0.3, -0.25) is 4.79 Å². The van der Waals surface area contributed by atoms with Gasteiger partial charge in [-0.2, -0.15) is 0 Å². The number of oxime groups is 1. The van der Waals surface area contributed by atoms with Crippen LogP contribution in [0.25, 0.3) is 0 Å². The van der Waals surface area contributed by atoms with Crippen LogP contribution < -0.4 is 5.32 Å². The minimum absolute atomic E-state index is 0.130. The summed E-state index contributed by atoms with van der Waals surface area (Å²) in [5, 5.41) is 6.67. The topological polar surface area (TPSA) is 76.5 Å². The zero-order chi connectivity index (χ0) is 17.2. The van der Waals surface area contributed by atoms with Gasteiger partial charge in [0.25, 0.3) is 5.91 Å². The van der Waals surface area contributed by atoms with E-state index < -0.39 is 0 Å². The van der Waals surface area contributed by atoms with Crippen molar-refractivity contribution >= 4 is 17.3 Å². The number of hydrogen-bond donors (Lipinski definition) is 1. The molecule has 0 saturated heterocycles. The Morgan fingerprint density at radius 2 is 1.83 bits per heavy atom. The molecule has 124 valence electrons. The van der Waals surface area contributed by atoms with E-state index in [0.717, 1.165) is 11.4 Å². The fourth-order valence-corrected chi connectivity index (χ4v) is 2.34. The molecule has 0 unspecified atom stereocenters. The molecule has 2 aromatic rings. The van der Waals surface area contributed by atoms with Gasteiger partial charge in [0.1, 0.15) is 11.5 Å². The molecule has 1 aliphatic rings. The lowest BCUT2D eigenvalue weighted by atomic mass is 9.96. The van der Waals surface area contributed by atoms with Gasteiger partial charge < -0.3 is 10.2 Å². The van der Waals surface area contributed by atoms with E-state index in [2.05, 4.69) is 20.4 Å². The molecule has 0 bridgehead atoms. The number of carbonyl (C=O) groups is 1. The Morgan fingerprint density at radius 1 is 1.17 bits per heavy atom. The Bertz CT molecular complexity index is 749. The molecule has 3 rings (SSSR count). The molecule has 6 nitrogen and oxygen atoms in total. The smallest absolute Gasteiger partial charge is 0.273 e. The second kappa shape index (κ2) is 6.39. The summed E-state index contributed by atoms with van der Waals surface area (Å²) in [7, 11) is 0. The van der Waals surface area contributed by atoms with Crippen LogP contribution >= 0.6 is 0 Å². The summed E-state index contributed by atoms with van der Waals surface area (Å²) in [6.07, 6.45) is 3.44. The maximum atomic E-state index is 12.3. The van der Waals surface area contributed by atoms with E-state index in [-0.39, 0.29) is 17.4 Å². The summed E-state index contributed by atoms with van der Waals surface area (Å²) in [5.74, 6) is 0.437. The standard InChI is InChI=1S/C18H20N4O2/c1-18(2,3)17-19-10-13(11-20-17)21-16(23)14-9-15(24-22-14)12-7-5-4-6-8-12/h4-8,10-11,15H,9H2,1-3H3,(H,21,23)/t15-/m1/s1. The fourth-order valence-electron chi connectivity index (χ4n) is 2.34. The number of carbonyl (C=O) groups excluding carboxylic acids is 1. The van der Waals surface area contributed by atoms with Gasteiger partial charge in [0.2, 0.25) is 0 Å². The van der Waals surface area contributed by atoms with E-state index in [4.69, 9.17) is 4.84 Å². The third-order valence-corrected chi connectivity index (χ3v) is 3.68. The molecule has 1 N–H and O–H groups in total. The molecule has 0 radical (unpaired) electrons. The minimum atomic E-state index is -0.291. The van der Waals surface area contributed by atoms with E-state index in [1.54, 1.807) is 12.4 Å². The molecular formula is C18H20N4O2. The van der Waals surface area contributed by atoms with Crippen LogP contribution in [0.15, 0.2) is 47.9 Å². The van der Waals surface area contributed by atoms with Gasteiger partial charge in [0, 0.05) is 11.8 Å². The summed E-state index contributed by atoms with van der Waals surface area (Å²) in [4.78, 5) is 26.3. The van der Waals surface area contributed by atoms with Crippen molar-refractivity contribution in [1.82, 2.24) is 9.97 Å². The zero-order valence-electron chi connectivity index (χ0n) is 14.0. The molecule has 0 fully saturated rings. The lowest BCUT2D eigenvalue weighted by molar-refractivity contribution is -0.110. The summed E-state index contributed by atoms with van der Waals surface area (Å²) in [6, 6.07) is 9.73. The molecule has 6 heteroatoms. The van der Waals surface area contributed by atoms with E-state index in [0.29, 0.717) is 17.8 Å². The van der Waals surface area contributed by atoms with Crippen molar-refractivity contribution in [2.24, 2.45) is 5.16 Å². The summed E-state index contributed by atoms with van der Waals surface area (Å²) in [5.41, 5.74) is 1.78. The maximum Gasteiger partial charge on any atom is 0.273 e. The first-order chi connectivity index (χ1) is 11.4. The molecule has 24 heavy (non-hydrogen) atoms. The van der Waals surface area contributed by atoms with Gasteiger partial charge in [-0.15, -0.1) is 0 Å². The average Bonchev–Trinajstić information content (AvgIpc) is 3.05. The van der Waals surface area contributed by atoms with Crippen molar-refractivity contribution in [3.8, 4) is 0 Å². The second-order valence-corrected chi connectivity index (χ2v) is 6.75. The van der Waals surface area contributed by atoms with Crippen LogP contribution in [0, 0.1) is 0 Å². The van der Waals surface area contributed by atoms with Crippen molar-refractivity contribution in [1.29, 1.82) is 0 Å². The van der Waals surface area contributed by atoms with E-state index >= 15 is 0 Å². The second-order valence-electron chi connectivity index (χ2n) is 6.75. The number of benzene rings is 1. The highest BCUT2D eigenvalue weighted by atomic mass is 16.6. The van der Waals surface area contributed by atoms with Crippen molar-refractivity contribution in [3.05, 3.63) is 54.1 Å². The molecule has 0 saturated carbocycles. The largest absolute Gasteiger partial charge is 0.387 e. The summed E-state index contributed by atoms with van der Waals surface area (Å²) < 4.78 is 0. The highest BCUT2D eigenvalue weighted by molar-refractivity contribution is 6.43. The molecule has 2 heterocycles. The molecule has 1 aromatic carbocycles. The highest BCUT2D eigenvalue weighted by Crippen LogP contribution is 2.27. The average molecular weight is 324 g/mol. The van der Waals surface area contributed by atoms with Gasteiger partial charge in [-0.1, -0.05) is 56.3 Å². The van der Waals surface area contributed by atoms with Crippen molar-refractivity contribution in [2.75, 3.05) is 5.32 Å². The van der Waals surface area contributed by atoms with E-state index in [1.165, 1.54) is 0 Å².